The van der Waals surface area contributed by atoms with E-state index in [4.69, 9.17) is 29.2 Å². The Morgan fingerprint density at radius 1 is 1.12 bits per heavy atom. The predicted molar refractivity (Wildman–Crippen MR) is 148 cm³/mol. The molecule has 2 aromatic rings. The van der Waals surface area contributed by atoms with Gasteiger partial charge in [0.25, 0.3) is 0 Å². The van der Waals surface area contributed by atoms with Gasteiger partial charge in [-0.15, -0.1) is 0 Å². The molecule has 18 heteroatoms. The van der Waals surface area contributed by atoms with E-state index in [9.17, 15) is 24.4 Å². The zero-order valence-electron chi connectivity index (χ0n) is 24.8. The quantitative estimate of drug-likeness (QED) is 0.151. The third kappa shape index (κ3) is 7.53. The molecule has 17 nitrogen and oxygen atoms in total. The zero-order chi connectivity index (χ0) is 31.6. The number of methoxy groups -OCH3 is 1. The predicted octanol–water partition coefficient (Wildman–Crippen LogP) is 0.411. The van der Waals surface area contributed by atoms with Crippen LogP contribution >= 0.6 is 7.67 Å². The fourth-order valence-electron chi connectivity index (χ4n) is 4.17. The standard InChI is InChI=1S/C24H40N7O10P/c1-11(2)39-20(33)13(5)29-42(36,30-14(6)21(34)40-12(3)4)38-9-15-17(32)24(7,35)22(41-15)31-10-26-16-18(31)27-23(25)28-19(16)37-8/h10-15,17,22,32,35H,9H2,1-8H3,(H2,25,27,28)(H2,29,30,36)/t13-,14-,15+,17+,22+,24+/m0/s1. The van der Waals surface area contributed by atoms with Crippen molar-refractivity contribution in [3.8, 4) is 5.88 Å². The minimum Gasteiger partial charge on any atom is -0.479 e. The van der Waals surface area contributed by atoms with Gasteiger partial charge in [0, 0.05) is 0 Å². The average Bonchev–Trinajstić information content (AvgIpc) is 3.39. The van der Waals surface area contributed by atoms with Crippen molar-refractivity contribution in [1.82, 2.24) is 29.7 Å². The minimum atomic E-state index is -4.23. The largest absolute Gasteiger partial charge is 0.479 e. The molecule has 42 heavy (non-hydrogen) atoms. The monoisotopic (exact) mass is 617 g/mol. The van der Waals surface area contributed by atoms with Crippen LogP contribution in [-0.2, 0) is 32.9 Å². The van der Waals surface area contributed by atoms with Crippen LogP contribution in [0.3, 0.4) is 0 Å². The molecule has 2 aromatic heterocycles. The number of hydrogen-bond donors (Lipinski definition) is 5. The first-order chi connectivity index (χ1) is 19.5. The number of esters is 2. The molecule has 0 spiro atoms. The highest BCUT2D eigenvalue weighted by atomic mass is 31.2. The van der Waals surface area contributed by atoms with Gasteiger partial charge in [0.2, 0.25) is 11.8 Å². The summed E-state index contributed by atoms with van der Waals surface area (Å²) in [6, 6.07) is -2.25. The number of hydrogen-bond acceptors (Lipinski definition) is 14. The Hall–Kier alpha value is -2.92. The lowest BCUT2D eigenvalue weighted by Crippen LogP contribution is -2.45. The molecular weight excluding hydrogens is 577 g/mol. The van der Waals surface area contributed by atoms with Crippen LogP contribution < -0.4 is 20.6 Å². The lowest BCUT2D eigenvalue weighted by molar-refractivity contribution is -0.149. The summed E-state index contributed by atoms with van der Waals surface area (Å²) in [5.41, 5.74) is 4.29. The fraction of sp³-hybridized carbons (Fsp3) is 0.708. The molecule has 0 unspecified atom stereocenters. The summed E-state index contributed by atoms with van der Waals surface area (Å²) >= 11 is 0. The Morgan fingerprint density at radius 3 is 2.17 bits per heavy atom. The Kier molecular flexibility index (Phi) is 10.5. The summed E-state index contributed by atoms with van der Waals surface area (Å²) < 4.78 is 42.4. The van der Waals surface area contributed by atoms with Crippen LogP contribution in [0, 0.1) is 0 Å². The molecule has 0 bridgehead atoms. The number of aliphatic hydroxyl groups excluding tert-OH is 1. The number of anilines is 1. The lowest BCUT2D eigenvalue weighted by atomic mass is 9.96. The second kappa shape index (κ2) is 13.2. The molecule has 3 heterocycles. The molecule has 0 aromatic carbocycles. The fourth-order valence-corrected chi connectivity index (χ4v) is 5.98. The molecule has 0 radical (unpaired) electrons. The van der Waals surface area contributed by atoms with Gasteiger partial charge in [0.15, 0.2) is 17.4 Å². The van der Waals surface area contributed by atoms with Crippen LogP contribution in [0.15, 0.2) is 6.33 Å². The summed E-state index contributed by atoms with van der Waals surface area (Å²) in [5.74, 6) is -1.44. The Balaban J connectivity index is 1.84. The van der Waals surface area contributed by atoms with Gasteiger partial charge in [0.05, 0.1) is 32.3 Å². The highest BCUT2D eigenvalue weighted by Crippen LogP contribution is 2.44. The van der Waals surface area contributed by atoms with Crippen LogP contribution in [0.25, 0.3) is 11.2 Å². The number of nitrogens with two attached hydrogens (primary N) is 1. The minimum absolute atomic E-state index is 0.0997. The van der Waals surface area contributed by atoms with E-state index in [0.29, 0.717) is 0 Å². The van der Waals surface area contributed by atoms with Crippen molar-refractivity contribution < 1.29 is 47.8 Å². The van der Waals surface area contributed by atoms with Crippen molar-refractivity contribution in [2.75, 3.05) is 19.5 Å². The Bertz CT molecular complexity index is 1290. The van der Waals surface area contributed by atoms with Crippen LogP contribution in [0.5, 0.6) is 5.88 Å². The van der Waals surface area contributed by atoms with E-state index in [1.165, 1.54) is 38.8 Å². The van der Waals surface area contributed by atoms with Crippen molar-refractivity contribution in [2.45, 2.75) is 96.8 Å². The molecule has 0 saturated carbocycles. The number of nitrogens with one attached hydrogen (secondary N) is 2. The third-order valence-corrected chi connectivity index (χ3v) is 8.13. The van der Waals surface area contributed by atoms with Gasteiger partial charge in [-0.1, -0.05) is 0 Å². The third-order valence-electron chi connectivity index (χ3n) is 6.17. The topological polar surface area (TPSA) is 231 Å². The SMILES string of the molecule is COc1nc(N)nc2c1ncn2[C@@H]1O[C@H](COP(=O)(N[C@@H](C)C(=O)OC(C)C)N[C@@H](C)C(=O)OC(C)C)[C@@H](O)[C@@]1(C)O. The lowest BCUT2D eigenvalue weighted by Gasteiger charge is -2.28. The van der Waals surface area contributed by atoms with Crippen molar-refractivity contribution >= 4 is 36.7 Å². The van der Waals surface area contributed by atoms with Crippen molar-refractivity contribution in [3.63, 3.8) is 0 Å². The number of aliphatic hydroxyl groups is 2. The highest BCUT2D eigenvalue weighted by Gasteiger charge is 2.54. The summed E-state index contributed by atoms with van der Waals surface area (Å²) in [6.45, 7) is 10.2. The average molecular weight is 618 g/mol. The van der Waals surface area contributed by atoms with E-state index < -0.39 is 74.5 Å². The van der Waals surface area contributed by atoms with E-state index in [0.717, 1.165) is 0 Å². The van der Waals surface area contributed by atoms with E-state index in [-0.39, 0.29) is 23.0 Å². The number of rotatable bonds is 13. The molecule has 236 valence electrons. The normalized spacial score (nSPS) is 24.2. The first-order valence-electron chi connectivity index (χ1n) is 13.3. The molecule has 1 aliphatic heterocycles. The van der Waals surface area contributed by atoms with Crippen molar-refractivity contribution in [3.05, 3.63) is 6.33 Å². The molecule has 1 fully saturated rings. The molecule has 0 aliphatic carbocycles. The van der Waals surface area contributed by atoms with Gasteiger partial charge in [0.1, 0.15) is 29.9 Å². The Labute approximate surface area is 243 Å². The van der Waals surface area contributed by atoms with Crippen LogP contribution in [0.1, 0.15) is 54.7 Å². The van der Waals surface area contributed by atoms with Gasteiger partial charge >= 0.3 is 19.6 Å². The molecule has 3 rings (SSSR count). The molecular formula is C24H40N7O10P. The summed E-state index contributed by atoms with van der Waals surface area (Å²) in [6.07, 6.45) is -3.59. The van der Waals surface area contributed by atoms with Crippen LogP contribution in [-0.4, -0.2) is 97.5 Å². The second-order valence-electron chi connectivity index (χ2n) is 10.6. The van der Waals surface area contributed by atoms with E-state index >= 15 is 0 Å². The number of imidazole rings is 1. The Morgan fingerprint density at radius 2 is 1.67 bits per heavy atom. The molecule has 0 amide bonds. The van der Waals surface area contributed by atoms with Crippen molar-refractivity contribution in [1.29, 1.82) is 0 Å². The summed E-state index contributed by atoms with van der Waals surface area (Å²) in [7, 11) is -2.85. The van der Waals surface area contributed by atoms with Crippen molar-refractivity contribution in [2.24, 2.45) is 0 Å². The van der Waals surface area contributed by atoms with Gasteiger partial charge in [-0.2, -0.15) is 9.97 Å². The maximum atomic E-state index is 13.9. The number of carbonyl (C=O) groups is 2. The van der Waals surface area contributed by atoms with Gasteiger partial charge < -0.3 is 39.4 Å². The highest BCUT2D eigenvalue weighted by molar-refractivity contribution is 7.54. The van der Waals surface area contributed by atoms with Crippen LogP contribution in [0.4, 0.5) is 5.95 Å². The number of aromatic nitrogens is 4. The molecule has 6 N–H and O–H groups in total. The first-order valence-corrected chi connectivity index (χ1v) is 14.9. The number of nitrogen functional groups attached to an aromatic ring is 1. The number of carbonyl (C=O) groups excluding carboxylic acids is 2. The van der Waals surface area contributed by atoms with Crippen LogP contribution in [0.2, 0.25) is 0 Å². The van der Waals surface area contributed by atoms with E-state index in [1.54, 1.807) is 27.7 Å². The molecule has 6 atom stereocenters. The number of fused-ring (bicyclic) bond motifs is 1. The van der Waals surface area contributed by atoms with E-state index in [1.807, 2.05) is 0 Å². The second-order valence-corrected chi connectivity index (χ2v) is 12.5. The van der Waals surface area contributed by atoms with Gasteiger partial charge in [-0.25, -0.2) is 15.2 Å². The zero-order valence-corrected chi connectivity index (χ0v) is 25.7. The number of nitrogens with zero attached hydrogens (tertiary/aromatic N) is 4. The molecule has 1 aliphatic rings. The maximum absolute atomic E-state index is 13.9. The van der Waals surface area contributed by atoms with Gasteiger partial charge in [-0.05, 0) is 48.5 Å². The van der Waals surface area contributed by atoms with Gasteiger partial charge in [-0.3, -0.25) is 18.7 Å². The smallest absolute Gasteiger partial charge is 0.342 e. The van der Waals surface area contributed by atoms with E-state index in [2.05, 4.69) is 25.1 Å². The maximum Gasteiger partial charge on any atom is 0.342 e. The first kappa shape index (κ1) is 33.6. The summed E-state index contributed by atoms with van der Waals surface area (Å²) in [5, 5.41) is 27.4. The molecule has 1 saturated heterocycles. The number of ether oxygens (including phenoxy) is 4. The summed E-state index contributed by atoms with van der Waals surface area (Å²) in [4.78, 5) is 37.2.